The van der Waals surface area contributed by atoms with Crippen LogP contribution in [0, 0.1) is 0 Å². The molecule has 0 saturated carbocycles. The van der Waals surface area contributed by atoms with Crippen LogP contribution in [0.5, 0.6) is 0 Å². The van der Waals surface area contributed by atoms with E-state index in [4.69, 9.17) is 4.52 Å². The van der Waals surface area contributed by atoms with Crippen molar-refractivity contribution in [2.75, 3.05) is 0 Å². The molecule has 0 bridgehead atoms. The van der Waals surface area contributed by atoms with Crippen LogP contribution in [-0.2, 0) is 7.05 Å². The second-order valence-electron chi connectivity index (χ2n) is 6.00. The molecule has 5 rings (SSSR count). The lowest BCUT2D eigenvalue weighted by atomic mass is 10.1. The molecule has 4 heterocycles. The maximum atomic E-state index is 12.6. The highest BCUT2D eigenvalue weighted by Crippen LogP contribution is 2.26. The summed E-state index contributed by atoms with van der Waals surface area (Å²) in [4.78, 5) is 24.6. The van der Waals surface area contributed by atoms with E-state index in [-0.39, 0.29) is 11.4 Å². The fourth-order valence-electron chi connectivity index (χ4n) is 3.14. The maximum Gasteiger partial charge on any atom is 0.275 e. The van der Waals surface area contributed by atoms with Gasteiger partial charge in [0.1, 0.15) is 11.4 Å². The van der Waals surface area contributed by atoms with E-state index in [1.807, 2.05) is 42.6 Å². The minimum atomic E-state index is -0.108. The average Bonchev–Trinajstić information content (AvgIpc) is 3.33. The van der Waals surface area contributed by atoms with Crippen LogP contribution in [0.2, 0.25) is 0 Å². The Hall–Kier alpha value is -3.74. The number of pyridine rings is 2. The molecule has 7 heteroatoms. The maximum absolute atomic E-state index is 12.6. The van der Waals surface area contributed by atoms with Crippen LogP contribution in [0.3, 0.4) is 0 Å². The molecule has 0 radical (unpaired) electrons. The minimum absolute atomic E-state index is 0.108. The molecule has 0 spiro atoms. The van der Waals surface area contributed by atoms with Gasteiger partial charge in [0.25, 0.3) is 11.4 Å². The van der Waals surface area contributed by atoms with Crippen molar-refractivity contribution in [1.82, 2.24) is 24.7 Å². The zero-order valence-electron chi connectivity index (χ0n) is 13.8. The summed E-state index contributed by atoms with van der Waals surface area (Å²) in [5.74, 6) is 0.658. The molecule has 4 aromatic heterocycles. The zero-order valence-corrected chi connectivity index (χ0v) is 13.8. The Kier molecular flexibility index (Phi) is 3.02. The number of hydrogen-bond acceptors (Lipinski definition) is 5. The Morgan fingerprint density at radius 1 is 1.12 bits per heavy atom. The monoisotopic (exact) mass is 343 g/mol. The van der Waals surface area contributed by atoms with Gasteiger partial charge in [0.2, 0.25) is 5.82 Å². The van der Waals surface area contributed by atoms with Crippen molar-refractivity contribution in [2.24, 2.45) is 7.05 Å². The minimum Gasteiger partial charge on any atom is -0.361 e. The van der Waals surface area contributed by atoms with Gasteiger partial charge in [-0.15, -0.1) is 0 Å². The molecule has 0 aliphatic rings. The van der Waals surface area contributed by atoms with Gasteiger partial charge in [0, 0.05) is 35.7 Å². The third-order valence-corrected chi connectivity index (χ3v) is 4.49. The van der Waals surface area contributed by atoms with E-state index in [0.29, 0.717) is 22.6 Å². The molecule has 0 amide bonds. The van der Waals surface area contributed by atoms with E-state index >= 15 is 0 Å². The number of nitrogens with one attached hydrogen (secondary N) is 1. The Labute approximate surface area is 146 Å². The number of hydrogen-bond donors (Lipinski definition) is 1. The number of aromatic amines is 1. The molecule has 126 valence electrons. The molecular weight excluding hydrogens is 330 g/mol. The van der Waals surface area contributed by atoms with Crippen LogP contribution in [-0.4, -0.2) is 24.7 Å². The largest absolute Gasteiger partial charge is 0.361 e. The number of fused-ring (bicyclic) bond motifs is 2. The van der Waals surface area contributed by atoms with Crippen molar-refractivity contribution >= 4 is 21.7 Å². The Bertz CT molecular complexity index is 1330. The molecule has 0 aliphatic heterocycles. The lowest BCUT2D eigenvalue weighted by Gasteiger charge is -2.06. The van der Waals surface area contributed by atoms with Crippen molar-refractivity contribution in [2.45, 2.75) is 0 Å². The van der Waals surface area contributed by atoms with Gasteiger partial charge in [0.15, 0.2) is 0 Å². The summed E-state index contributed by atoms with van der Waals surface area (Å²) < 4.78 is 6.96. The fraction of sp³-hybridized carbons (Fsp3) is 0.0526. The molecule has 1 N–H and O–H groups in total. The SMILES string of the molecule is Cn1c(-c2nc(-c3nccc4[nH]ccc34)no2)cc2ccccc2c1=O. The van der Waals surface area contributed by atoms with E-state index in [2.05, 4.69) is 20.1 Å². The first-order valence-corrected chi connectivity index (χ1v) is 8.08. The highest BCUT2D eigenvalue weighted by Gasteiger charge is 2.17. The Morgan fingerprint density at radius 3 is 2.92 bits per heavy atom. The average molecular weight is 343 g/mol. The number of nitrogens with zero attached hydrogens (tertiary/aromatic N) is 4. The Morgan fingerprint density at radius 2 is 2.00 bits per heavy atom. The van der Waals surface area contributed by atoms with E-state index in [0.717, 1.165) is 16.3 Å². The highest BCUT2D eigenvalue weighted by atomic mass is 16.5. The third-order valence-electron chi connectivity index (χ3n) is 4.49. The van der Waals surface area contributed by atoms with Crippen LogP contribution in [0.4, 0.5) is 0 Å². The topological polar surface area (TPSA) is 89.6 Å². The number of aromatic nitrogens is 5. The summed E-state index contributed by atoms with van der Waals surface area (Å²) in [7, 11) is 1.69. The third kappa shape index (κ3) is 2.07. The highest BCUT2D eigenvalue weighted by molar-refractivity contribution is 5.91. The summed E-state index contributed by atoms with van der Waals surface area (Å²) in [5.41, 5.74) is 2.03. The summed E-state index contributed by atoms with van der Waals surface area (Å²) in [6.45, 7) is 0. The quantitative estimate of drug-likeness (QED) is 0.532. The Balaban J connectivity index is 1.70. The molecule has 0 unspecified atom stereocenters. The van der Waals surface area contributed by atoms with Gasteiger partial charge in [-0.3, -0.25) is 9.78 Å². The van der Waals surface area contributed by atoms with Gasteiger partial charge in [0.05, 0.1) is 0 Å². The molecule has 26 heavy (non-hydrogen) atoms. The molecule has 0 aliphatic carbocycles. The van der Waals surface area contributed by atoms with Gasteiger partial charge in [-0.25, -0.2) is 0 Å². The number of rotatable bonds is 2. The first kappa shape index (κ1) is 14.6. The summed E-state index contributed by atoms with van der Waals surface area (Å²) in [6, 6.07) is 13.1. The van der Waals surface area contributed by atoms with Crippen LogP contribution in [0.1, 0.15) is 0 Å². The normalized spacial score (nSPS) is 11.4. The lowest BCUT2D eigenvalue weighted by Crippen LogP contribution is -2.18. The fourth-order valence-corrected chi connectivity index (χ4v) is 3.14. The standard InChI is InChI=1S/C19H13N5O2/c1-24-15(10-11-4-2-3-5-12(11)19(24)25)18-22-17(23-26-18)16-13-6-8-20-14(13)7-9-21-16/h2-10,20H,1H3. The van der Waals surface area contributed by atoms with Gasteiger partial charge in [-0.1, -0.05) is 23.4 Å². The molecule has 0 atom stereocenters. The number of H-pyrrole nitrogens is 1. The van der Waals surface area contributed by atoms with Crippen LogP contribution >= 0.6 is 0 Å². The first-order chi connectivity index (χ1) is 12.7. The molecule has 0 fully saturated rings. The first-order valence-electron chi connectivity index (χ1n) is 8.08. The van der Waals surface area contributed by atoms with Gasteiger partial charge < -0.3 is 14.1 Å². The summed E-state index contributed by atoms with van der Waals surface area (Å²) in [6.07, 6.45) is 3.53. The second kappa shape index (κ2) is 5.38. The number of benzene rings is 1. The smallest absolute Gasteiger partial charge is 0.275 e. The van der Waals surface area contributed by atoms with E-state index in [9.17, 15) is 4.79 Å². The van der Waals surface area contributed by atoms with Crippen molar-refractivity contribution in [3.05, 3.63) is 65.2 Å². The van der Waals surface area contributed by atoms with Crippen molar-refractivity contribution in [1.29, 1.82) is 0 Å². The van der Waals surface area contributed by atoms with Crippen molar-refractivity contribution in [3.63, 3.8) is 0 Å². The van der Waals surface area contributed by atoms with Crippen LogP contribution < -0.4 is 5.56 Å². The summed E-state index contributed by atoms with van der Waals surface area (Å²) >= 11 is 0. The predicted octanol–water partition coefficient (Wildman–Crippen LogP) is 3.13. The summed E-state index contributed by atoms with van der Waals surface area (Å²) in [5, 5.41) is 6.46. The van der Waals surface area contributed by atoms with Gasteiger partial charge >= 0.3 is 0 Å². The van der Waals surface area contributed by atoms with Gasteiger partial charge in [-0.2, -0.15) is 4.98 Å². The van der Waals surface area contributed by atoms with Crippen molar-refractivity contribution in [3.8, 4) is 23.1 Å². The van der Waals surface area contributed by atoms with E-state index in [1.54, 1.807) is 19.3 Å². The van der Waals surface area contributed by atoms with Crippen molar-refractivity contribution < 1.29 is 4.52 Å². The second-order valence-corrected chi connectivity index (χ2v) is 6.00. The van der Waals surface area contributed by atoms with E-state index in [1.165, 1.54) is 4.57 Å². The zero-order chi connectivity index (χ0) is 17.7. The molecule has 0 saturated heterocycles. The molecule has 5 aromatic rings. The van der Waals surface area contributed by atoms with Crippen LogP contribution in [0.15, 0.2) is 64.2 Å². The molecule has 1 aromatic carbocycles. The van der Waals surface area contributed by atoms with E-state index < -0.39 is 0 Å². The van der Waals surface area contributed by atoms with Crippen LogP contribution in [0.25, 0.3) is 44.8 Å². The predicted molar refractivity (Wildman–Crippen MR) is 97.6 cm³/mol. The molecule has 7 nitrogen and oxygen atoms in total. The lowest BCUT2D eigenvalue weighted by molar-refractivity contribution is 0.429. The molecular formula is C19H13N5O2. The van der Waals surface area contributed by atoms with Gasteiger partial charge in [-0.05, 0) is 29.7 Å².